The van der Waals surface area contributed by atoms with Gasteiger partial charge < -0.3 is 14.2 Å². The van der Waals surface area contributed by atoms with E-state index >= 15 is 0 Å². The Kier molecular flexibility index (Phi) is 8.60. The lowest BCUT2D eigenvalue weighted by molar-refractivity contribution is -0.123. The molecular weight excluding hydrogens is 448 g/mol. The van der Waals surface area contributed by atoms with E-state index in [-0.39, 0.29) is 18.6 Å². The number of rotatable bonds is 9. The molecule has 2 aromatic carbocycles. The third kappa shape index (κ3) is 6.73. The zero-order valence-corrected chi connectivity index (χ0v) is 18.2. The number of methoxy groups -OCH3 is 1. The number of carbonyl (C=O) groups is 1. The number of halogens is 2. The summed E-state index contributed by atoms with van der Waals surface area (Å²) < 4.78 is 17.4. The van der Waals surface area contributed by atoms with Gasteiger partial charge in [0.2, 0.25) is 0 Å². The first-order chi connectivity index (χ1) is 13.4. The van der Waals surface area contributed by atoms with Crippen LogP contribution in [0.2, 0.25) is 5.02 Å². The third-order valence-electron chi connectivity index (χ3n) is 3.71. The Balaban J connectivity index is 1.95. The highest BCUT2D eigenvalue weighted by Crippen LogP contribution is 2.37. The quantitative estimate of drug-likeness (QED) is 0.422. The van der Waals surface area contributed by atoms with E-state index in [1.165, 1.54) is 13.3 Å². The van der Waals surface area contributed by atoms with Crippen LogP contribution in [-0.2, 0) is 4.79 Å². The number of benzene rings is 2. The van der Waals surface area contributed by atoms with Gasteiger partial charge in [0, 0.05) is 4.47 Å². The molecule has 0 aromatic heterocycles. The second kappa shape index (κ2) is 10.9. The third-order valence-corrected chi connectivity index (χ3v) is 4.49. The molecule has 0 aliphatic heterocycles. The average Bonchev–Trinajstić information content (AvgIpc) is 2.68. The van der Waals surface area contributed by atoms with Crippen molar-refractivity contribution in [2.75, 3.05) is 13.7 Å². The van der Waals surface area contributed by atoms with Gasteiger partial charge in [-0.15, -0.1) is 0 Å². The first-order valence-corrected chi connectivity index (χ1v) is 9.84. The minimum Gasteiger partial charge on any atom is -0.493 e. The van der Waals surface area contributed by atoms with Crippen LogP contribution >= 0.6 is 27.5 Å². The van der Waals surface area contributed by atoms with Crippen molar-refractivity contribution < 1.29 is 19.0 Å². The predicted octanol–water partition coefficient (Wildman–Crippen LogP) is 4.82. The molecule has 6 nitrogen and oxygen atoms in total. The Morgan fingerprint density at radius 2 is 2.14 bits per heavy atom. The van der Waals surface area contributed by atoms with Crippen molar-refractivity contribution in [3.8, 4) is 17.2 Å². The molecule has 2 rings (SSSR count). The molecule has 150 valence electrons. The van der Waals surface area contributed by atoms with E-state index in [1.54, 1.807) is 24.3 Å². The molecule has 0 unspecified atom stereocenters. The fourth-order valence-corrected chi connectivity index (χ4v) is 2.77. The first-order valence-electron chi connectivity index (χ1n) is 8.67. The highest BCUT2D eigenvalue weighted by Gasteiger charge is 2.14. The summed E-state index contributed by atoms with van der Waals surface area (Å²) in [5.41, 5.74) is 3.07. The zero-order valence-electron chi connectivity index (χ0n) is 15.9. The SMILES string of the molecule is CC[C@@H](C)Oc1c(Cl)cc(/C=N/NC(=O)COc2cccc(Br)c2)cc1OC. The van der Waals surface area contributed by atoms with E-state index in [1.807, 2.05) is 26.0 Å². The second-order valence-corrected chi connectivity index (χ2v) is 7.23. The molecule has 2 aromatic rings. The van der Waals surface area contributed by atoms with Gasteiger partial charge in [0.05, 0.1) is 24.5 Å². The van der Waals surface area contributed by atoms with Crippen LogP contribution in [-0.4, -0.2) is 31.9 Å². The van der Waals surface area contributed by atoms with E-state index in [0.29, 0.717) is 27.8 Å². The maximum absolute atomic E-state index is 11.9. The summed E-state index contributed by atoms with van der Waals surface area (Å²) in [7, 11) is 1.54. The molecule has 0 saturated carbocycles. The van der Waals surface area contributed by atoms with Gasteiger partial charge in [0.1, 0.15) is 5.75 Å². The lowest BCUT2D eigenvalue weighted by atomic mass is 10.2. The number of nitrogens with zero attached hydrogens (tertiary/aromatic N) is 1. The number of hydrogen-bond donors (Lipinski definition) is 1. The Labute approximate surface area is 177 Å². The summed E-state index contributed by atoms with van der Waals surface area (Å²) in [5.74, 6) is 1.19. The summed E-state index contributed by atoms with van der Waals surface area (Å²) in [4.78, 5) is 11.9. The Hall–Kier alpha value is -2.25. The second-order valence-electron chi connectivity index (χ2n) is 5.91. The van der Waals surface area contributed by atoms with E-state index in [0.717, 1.165) is 10.9 Å². The molecule has 1 atom stereocenters. The minimum absolute atomic E-state index is 0.00967. The Morgan fingerprint density at radius 3 is 2.82 bits per heavy atom. The Bertz CT molecular complexity index is 845. The van der Waals surface area contributed by atoms with Gasteiger partial charge in [0.25, 0.3) is 5.91 Å². The van der Waals surface area contributed by atoms with Crippen molar-refractivity contribution in [3.63, 3.8) is 0 Å². The fourth-order valence-electron chi connectivity index (χ4n) is 2.13. The van der Waals surface area contributed by atoms with E-state index in [2.05, 4.69) is 26.5 Å². The largest absolute Gasteiger partial charge is 0.493 e. The van der Waals surface area contributed by atoms with Crippen LogP contribution in [0, 0.1) is 0 Å². The van der Waals surface area contributed by atoms with Crippen LogP contribution in [0.25, 0.3) is 0 Å². The monoisotopic (exact) mass is 468 g/mol. The molecule has 0 aliphatic carbocycles. The van der Waals surface area contributed by atoms with Gasteiger partial charge in [0.15, 0.2) is 18.1 Å². The molecule has 0 radical (unpaired) electrons. The summed E-state index contributed by atoms with van der Waals surface area (Å²) in [6, 6.07) is 10.6. The molecule has 0 heterocycles. The molecule has 0 saturated heterocycles. The molecule has 0 aliphatic rings. The molecule has 0 spiro atoms. The molecule has 0 bridgehead atoms. The van der Waals surface area contributed by atoms with Crippen LogP contribution in [0.1, 0.15) is 25.8 Å². The number of carbonyl (C=O) groups excluding carboxylic acids is 1. The lowest BCUT2D eigenvalue weighted by Gasteiger charge is -2.17. The number of nitrogens with one attached hydrogen (secondary N) is 1. The number of ether oxygens (including phenoxy) is 3. The summed E-state index contributed by atoms with van der Waals surface area (Å²) >= 11 is 9.65. The summed E-state index contributed by atoms with van der Waals surface area (Å²) in [6.45, 7) is 3.82. The predicted molar refractivity (Wildman–Crippen MR) is 114 cm³/mol. The zero-order chi connectivity index (χ0) is 20.5. The van der Waals surface area contributed by atoms with Gasteiger partial charge in [-0.25, -0.2) is 5.43 Å². The van der Waals surface area contributed by atoms with Crippen molar-refractivity contribution in [1.29, 1.82) is 0 Å². The maximum Gasteiger partial charge on any atom is 0.277 e. The molecule has 28 heavy (non-hydrogen) atoms. The van der Waals surface area contributed by atoms with Crippen LogP contribution in [0.5, 0.6) is 17.2 Å². The number of hydrazone groups is 1. The molecule has 8 heteroatoms. The van der Waals surface area contributed by atoms with E-state index < -0.39 is 0 Å². The normalized spacial score (nSPS) is 11.9. The van der Waals surface area contributed by atoms with Gasteiger partial charge in [-0.2, -0.15) is 5.10 Å². The fraction of sp³-hybridized carbons (Fsp3) is 0.300. The smallest absolute Gasteiger partial charge is 0.277 e. The van der Waals surface area contributed by atoms with Gasteiger partial charge in [-0.1, -0.05) is 40.5 Å². The summed E-state index contributed by atoms with van der Waals surface area (Å²) in [6.07, 6.45) is 2.32. The van der Waals surface area contributed by atoms with Crippen molar-refractivity contribution in [2.45, 2.75) is 26.4 Å². The van der Waals surface area contributed by atoms with Gasteiger partial charge >= 0.3 is 0 Å². The van der Waals surface area contributed by atoms with E-state index in [4.69, 9.17) is 25.8 Å². The standard InChI is InChI=1S/C20H22BrClN2O4/c1-4-13(2)28-20-17(22)8-14(9-18(20)26-3)11-23-24-19(25)12-27-16-7-5-6-15(21)10-16/h5-11,13H,4,12H2,1-3H3,(H,24,25)/b23-11+/t13-/m1/s1. The topological polar surface area (TPSA) is 69.2 Å². The highest BCUT2D eigenvalue weighted by atomic mass is 79.9. The molecule has 0 fully saturated rings. The average molecular weight is 470 g/mol. The van der Waals surface area contributed by atoms with Crippen molar-refractivity contribution >= 4 is 39.7 Å². The molecule has 1 amide bonds. The maximum atomic E-state index is 11.9. The van der Waals surface area contributed by atoms with Crippen LogP contribution in [0.15, 0.2) is 46.0 Å². The molecule has 1 N–H and O–H groups in total. The first kappa shape index (κ1) is 22.0. The van der Waals surface area contributed by atoms with Crippen molar-refractivity contribution in [1.82, 2.24) is 5.43 Å². The van der Waals surface area contributed by atoms with E-state index in [9.17, 15) is 4.79 Å². The van der Waals surface area contributed by atoms with Crippen LogP contribution in [0.3, 0.4) is 0 Å². The summed E-state index contributed by atoms with van der Waals surface area (Å²) in [5, 5.41) is 4.33. The minimum atomic E-state index is -0.383. The number of amides is 1. The van der Waals surface area contributed by atoms with Crippen LogP contribution < -0.4 is 19.6 Å². The van der Waals surface area contributed by atoms with Crippen molar-refractivity contribution in [2.24, 2.45) is 5.10 Å². The van der Waals surface area contributed by atoms with Gasteiger partial charge in [-0.05, 0) is 49.2 Å². The van der Waals surface area contributed by atoms with Gasteiger partial charge in [-0.3, -0.25) is 4.79 Å². The van der Waals surface area contributed by atoms with Crippen LogP contribution in [0.4, 0.5) is 0 Å². The number of hydrogen-bond acceptors (Lipinski definition) is 5. The van der Waals surface area contributed by atoms with Crippen molar-refractivity contribution in [3.05, 3.63) is 51.5 Å². The Morgan fingerprint density at radius 1 is 1.36 bits per heavy atom. The highest BCUT2D eigenvalue weighted by molar-refractivity contribution is 9.10. The lowest BCUT2D eigenvalue weighted by Crippen LogP contribution is -2.24. The molecular formula is C20H22BrClN2O4.